The van der Waals surface area contributed by atoms with Crippen LogP contribution in [0.5, 0.6) is 0 Å². The molecule has 34 heavy (non-hydrogen) atoms. The van der Waals surface area contributed by atoms with Crippen molar-refractivity contribution in [1.82, 2.24) is 9.97 Å². The molecule has 0 radical (unpaired) electrons. The van der Waals surface area contributed by atoms with E-state index in [9.17, 15) is 27.2 Å². The Morgan fingerprint density at radius 2 is 1.82 bits per heavy atom. The topological polar surface area (TPSA) is 88.8 Å². The zero-order valence-corrected chi connectivity index (χ0v) is 18.4. The number of nitrogens with two attached hydrogens (primary N) is 1. The van der Waals surface area contributed by atoms with Crippen LogP contribution in [0, 0.1) is 11.6 Å². The zero-order chi connectivity index (χ0) is 24.5. The van der Waals surface area contributed by atoms with Gasteiger partial charge >= 0.3 is 0 Å². The Balaban J connectivity index is 0.000000192. The molecule has 2 fully saturated rings. The van der Waals surface area contributed by atoms with Gasteiger partial charge < -0.3 is 10.7 Å². The van der Waals surface area contributed by atoms with E-state index in [0.29, 0.717) is 29.6 Å². The quantitative estimate of drug-likeness (QED) is 0.487. The fourth-order valence-electron chi connectivity index (χ4n) is 4.62. The number of carbonyl (C=O) groups excluding carboxylic acids is 1. The van der Waals surface area contributed by atoms with E-state index in [1.807, 2.05) is 0 Å². The zero-order valence-electron chi connectivity index (χ0n) is 18.4. The maximum absolute atomic E-state index is 13.6. The number of hydrogen-bond acceptors (Lipinski definition) is 3. The number of H-pyrrole nitrogens is 1. The number of benzene rings is 1. The number of aromatic amines is 1. The van der Waals surface area contributed by atoms with Crippen LogP contribution in [0.3, 0.4) is 0 Å². The molecule has 9 heteroatoms. The number of pyridine rings is 2. The molecule has 0 bridgehead atoms. The average Bonchev–Trinajstić information content (AvgIpc) is 2.75. The van der Waals surface area contributed by atoms with E-state index >= 15 is 0 Å². The van der Waals surface area contributed by atoms with Crippen molar-refractivity contribution >= 4 is 16.8 Å². The van der Waals surface area contributed by atoms with Crippen molar-refractivity contribution in [1.29, 1.82) is 0 Å². The molecule has 1 atom stereocenters. The predicted octanol–water partition coefficient (Wildman–Crippen LogP) is 5.55. The summed E-state index contributed by atoms with van der Waals surface area (Å²) < 4.78 is 52.9. The molecule has 5 nitrogen and oxygen atoms in total. The van der Waals surface area contributed by atoms with Gasteiger partial charge in [-0.1, -0.05) is 18.6 Å². The fourth-order valence-corrected chi connectivity index (χ4v) is 4.62. The second-order valence-corrected chi connectivity index (χ2v) is 8.96. The molecule has 3 aromatic rings. The Labute approximate surface area is 193 Å². The van der Waals surface area contributed by atoms with E-state index in [1.54, 1.807) is 12.1 Å². The number of nitrogens with zero attached hydrogens (tertiary/aromatic N) is 1. The summed E-state index contributed by atoms with van der Waals surface area (Å²) in [5, 5.41) is 0.0984. The average molecular weight is 475 g/mol. The number of primary amides is 1. The van der Waals surface area contributed by atoms with Crippen LogP contribution < -0.4 is 11.2 Å². The Bertz CT molecular complexity index is 1270. The largest absolute Gasteiger partial charge is 0.364 e. The molecule has 2 aromatic heterocycles. The number of halogens is 4. The van der Waals surface area contributed by atoms with Crippen LogP contribution >= 0.6 is 0 Å². The van der Waals surface area contributed by atoms with Crippen molar-refractivity contribution in [3.8, 4) is 0 Å². The van der Waals surface area contributed by atoms with Gasteiger partial charge in [-0.05, 0) is 49.3 Å². The highest BCUT2D eigenvalue weighted by Gasteiger charge is 2.37. The molecular weight excluding hydrogens is 450 g/mol. The molecule has 5 rings (SSSR count). The maximum Gasteiger partial charge on any atom is 0.268 e. The predicted molar refractivity (Wildman–Crippen MR) is 120 cm³/mol. The molecule has 2 saturated carbocycles. The van der Waals surface area contributed by atoms with Crippen LogP contribution in [-0.4, -0.2) is 21.8 Å². The van der Waals surface area contributed by atoms with Gasteiger partial charge in [0, 0.05) is 36.7 Å². The van der Waals surface area contributed by atoms with Crippen molar-refractivity contribution in [3.63, 3.8) is 0 Å². The first-order chi connectivity index (χ1) is 16.2. The van der Waals surface area contributed by atoms with Crippen LogP contribution in [0.2, 0.25) is 0 Å². The normalized spacial score (nSPS) is 19.7. The minimum atomic E-state index is -2.70. The van der Waals surface area contributed by atoms with Crippen molar-refractivity contribution in [2.75, 3.05) is 0 Å². The summed E-state index contributed by atoms with van der Waals surface area (Å²) in [4.78, 5) is 30.4. The van der Waals surface area contributed by atoms with Gasteiger partial charge in [0.2, 0.25) is 5.92 Å². The molecule has 0 aliphatic heterocycles. The summed E-state index contributed by atoms with van der Waals surface area (Å²) in [7, 11) is 0. The lowest BCUT2D eigenvalue weighted by Gasteiger charge is -2.29. The number of hydrogen-bond donors (Lipinski definition) is 2. The van der Waals surface area contributed by atoms with Crippen molar-refractivity contribution in [3.05, 3.63) is 75.3 Å². The van der Waals surface area contributed by atoms with Crippen molar-refractivity contribution in [2.24, 2.45) is 5.73 Å². The van der Waals surface area contributed by atoms with Crippen LogP contribution in [0.25, 0.3) is 10.9 Å². The number of amides is 1. The number of aromatic nitrogens is 2. The summed E-state index contributed by atoms with van der Waals surface area (Å²) >= 11 is 0. The first-order valence-electron chi connectivity index (χ1n) is 11.3. The summed E-state index contributed by atoms with van der Waals surface area (Å²) in [6.07, 6.45) is 5.13. The molecule has 0 saturated heterocycles. The summed E-state index contributed by atoms with van der Waals surface area (Å²) in [6, 6.07) is 7.24. The number of rotatable bonds is 3. The van der Waals surface area contributed by atoms with E-state index in [4.69, 9.17) is 5.73 Å². The first kappa shape index (κ1) is 23.9. The molecule has 2 aliphatic carbocycles. The number of carbonyl (C=O) groups is 1. The second-order valence-electron chi connectivity index (χ2n) is 8.96. The van der Waals surface area contributed by atoms with E-state index in [-0.39, 0.29) is 29.8 Å². The Hall–Kier alpha value is -3.23. The van der Waals surface area contributed by atoms with Gasteiger partial charge in [0.05, 0.1) is 10.9 Å². The Kier molecular flexibility index (Phi) is 6.72. The van der Waals surface area contributed by atoms with Gasteiger partial charge in [0.1, 0.15) is 5.69 Å². The third-order valence-electron chi connectivity index (χ3n) is 6.60. The van der Waals surface area contributed by atoms with Gasteiger partial charge in [-0.15, -0.1) is 0 Å². The van der Waals surface area contributed by atoms with Crippen molar-refractivity contribution < 1.29 is 22.4 Å². The van der Waals surface area contributed by atoms with E-state index in [2.05, 4.69) is 9.97 Å². The number of nitrogens with one attached hydrogen (secondary N) is 1. The number of alkyl halides is 2. The van der Waals surface area contributed by atoms with Gasteiger partial charge in [0.15, 0.2) is 17.1 Å². The lowest BCUT2D eigenvalue weighted by Crippen LogP contribution is -2.26. The lowest BCUT2D eigenvalue weighted by molar-refractivity contribution is -0.0412. The standard InChI is InChI=1S/C15H15F2N3O2.C10H10F2/c16-15(17)4-1-2-8(7-15)10-6-11(21)12-9(20-10)3-5-19-13(12)14(18)22;11-9-6-2-5-8(10(9)12)7-3-1-4-7/h3,5-6,8H,1-2,4,7H2,(H2,18,22)(H,20,21);2,5-7H,1,3-4H2/t8-;/m0./s1. The molecule has 0 unspecified atom stereocenters. The molecule has 3 N–H and O–H groups in total. The highest BCUT2D eigenvalue weighted by atomic mass is 19.3. The SMILES string of the molecule is Fc1cccc(C2CCC2)c1F.NC(=O)c1nccc2[nH]c([C@H]3CCCC(F)(F)C3)cc(=O)c12. The monoisotopic (exact) mass is 475 g/mol. The first-order valence-corrected chi connectivity index (χ1v) is 11.3. The smallest absolute Gasteiger partial charge is 0.268 e. The third-order valence-corrected chi connectivity index (χ3v) is 6.60. The Morgan fingerprint density at radius 3 is 2.47 bits per heavy atom. The van der Waals surface area contributed by atoms with E-state index < -0.39 is 34.8 Å². The summed E-state index contributed by atoms with van der Waals surface area (Å²) in [5.41, 5.74) is 6.09. The number of fused-ring (bicyclic) bond motifs is 1. The van der Waals surface area contributed by atoms with Crippen LogP contribution in [-0.2, 0) is 0 Å². The minimum Gasteiger partial charge on any atom is -0.364 e. The van der Waals surface area contributed by atoms with E-state index in [1.165, 1.54) is 18.3 Å². The molecule has 1 amide bonds. The summed E-state index contributed by atoms with van der Waals surface area (Å²) in [6.45, 7) is 0. The fraction of sp³-hybridized carbons (Fsp3) is 0.400. The maximum atomic E-state index is 13.6. The van der Waals surface area contributed by atoms with Crippen molar-refractivity contribution in [2.45, 2.75) is 62.7 Å². The lowest BCUT2D eigenvalue weighted by atomic mass is 9.80. The van der Waals surface area contributed by atoms with Crippen LogP contribution in [0.15, 0.2) is 41.3 Å². The summed E-state index contributed by atoms with van der Waals surface area (Å²) in [5.74, 6) is -5.01. The molecule has 180 valence electrons. The highest BCUT2D eigenvalue weighted by molar-refractivity contribution is 6.03. The van der Waals surface area contributed by atoms with Gasteiger partial charge in [-0.3, -0.25) is 14.6 Å². The second kappa shape index (κ2) is 9.56. The van der Waals surface area contributed by atoms with E-state index in [0.717, 1.165) is 25.3 Å². The highest BCUT2D eigenvalue weighted by Crippen LogP contribution is 2.41. The Morgan fingerprint density at radius 1 is 1.09 bits per heavy atom. The van der Waals surface area contributed by atoms with Gasteiger partial charge in [-0.2, -0.15) is 0 Å². The van der Waals surface area contributed by atoms with Crippen LogP contribution in [0.1, 0.15) is 78.5 Å². The molecule has 1 aromatic carbocycles. The molecule has 2 heterocycles. The third kappa shape index (κ3) is 4.98. The van der Waals surface area contributed by atoms with Gasteiger partial charge in [-0.25, -0.2) is 17.6 Å². The molecule has 0 spiro atoms. The van der Waals surface area contributed by atoms with Gasteiger partial charge in [0.25, 0.3) is 5.91 Å². The molecular formula is C25H25F4N3O2. The minimum absolute atomic E-state index is 0.0984. The molecule has 2 aliphatic rings. The van der Waals surface area contributed by atoms with Crippen LogP contribution in [0.4, 0.5) is 17.6 Å².